The minimum absolute atomic E-state index is 0. The average molecular weight is 484 g/mol. The fourth-order valence-electron chi connectivity index (χ4n) is 1.77. The lowest BCUT2D eigenvalue weighted by atomic mass is 10.3. The molecule has 0 aliphatic rings. The van der Waals surface area contributed by atoms with Crippen molar-refractivity contribution in [1.29, 1.82) is 0 Å². The van der Waals surface area contributed by atoms with Crippen LogP contribution in [0, 0.1) is 0 Å². The number of aromatic nitrogens is 2. The summed E-state index contributed by atoms with van der Waals surface area (Å²) >= 11 is 0. The molecule has 0 saturated carbocycles. The number of nitrogens with zero attached hydrogens (tertiary/aromatic N) is 2. The number of pyridine rings is 2. The van der Waals surface area contributed by atoms with Crippen LogP contribution in [0.25, 0.3) is 0 Å². The van der Waals surface area contributed by atoms with Gasteiger partial charge in [-0.25, -0.2) is 0 Å². The van der Waals surface area contributed by atoms with Gasteiger partial charge in [0.25, 0.3) is 0 Å². The van der Waals surface area contributed by atoms with Gasteiger partial charge in [0, 0.05) is 75.2 Å². The first kappa shape index (κ1) is 14.2. The predicted octanol–water partition coefficient (Wildman–Crippen LogP) is -6.70. The highest BCUT2D eigenvalue weighted by Crippen LogP contribution is 1.89. The Balaban J connectivity index is -0.000000542. The summed E-state index contributed by atoms with van der Waals surface area (Å²) in [5.41, 5.74) is 2.28. The van der Waals surface area contributed by atoms with E-state index in [1.165, 1.54) is 0 Å². The van der Waals surface area contributed by atoms with Crippen LogP contribution in [0.15, 0.2) is 48.8 Å². The van der Waals surface area contributed by atoms with Gasteiger partial charge in [0.1, 0.15) is 26.2 Å². The van der Waals surface area contributed by atoms with Gasteiger partial charge in [0.15, 0.2) is 0 Å². The lowest BCUT2D eigenvalue weighted by Gasteiger charge is -2.01. The second-order valence-electron chi connectivity index (χ2n) is 4.74. The number of rotatable bonds is 7. The van der Waals surface area contributed by atoms with Crippen molar-refractivity contribution < 1.29 is 60.3 Å². The molecule has 2 heterocycles. The number of nitrogens with two attached hydrogens (primary N) is 2. The van der Waals surface area contributed by atoms with E-state index in [-0.39, 0.29) is 24.8 Å². The molecule has 0 fully saturated rings. The second-order valence-corrected chi connectivity index (χ2v) is 5.82. The zero-order valence-corrected chi connectivity index (χ0v) is 18.0. The van der Waals surface area contributed by atoms with E-state index in [1.54, 1.807) is 0 Å². The summed E-state index contributed by atoms with van der Waals surface area (Å²) in [6, 6.07) is 12.1. The minimum atomic E-state index is -2.90. The molecule has 0 aromatic carbocycles. The van der Waals surface area contributed by atoms with Crippen molar-refractivity contribution in [2.45, 2.75) is 13.1 Å². The molecule has 4 N–H and O–H groups in total. The van der Waals surface area contributed by atoms with Gasteiger partial charge in [0.2, 0.25) is 0 Å². The first-order valence-electron chi connectivity index (χ1n) is 13.5. The molecule has 10 heteroatoms. The lowest BCUT2D eigenvalue weighted by molar-refractivity contribution is -0.738. The molecule has 162 valence electrons. The monoisotopic (exact) mass is 482 g/mol. The van der Waals surface area contributed by atoms with Crippen LogP contribution in [0.1, 0.15) is 27.8 Å². The van der Waals surface area contributed by atoms with Crippen molar-refractivity contribution in [3.63, 3.8) is 0 Å². The SMILES string of the molecule is [2H]C([2H])([2H])S(=O)C([2H])([2H])[2H].[2H]C([2H])([2H])S(=O)C([2H])([2H])[2H].[Cl-].[Cl-].c1ccc(C[NH2+]CC[NH2+]Cc2ccccn2)nc1. The molecular formula is C18H32Cl2N4O2S2. The molecule has 0 spiro atoms. The Morgan fingerprint density at radius 3 is 1.43 bits per heavy atom. The van der Waals surface area contributed by atoms with E-state index in [1.807, 2.05) is 36.7 Å². The zero-order chi connectivity index (χ0) is 29.6. The summed E-state index contributed by atoms with van der Waals surface area (Å²) in [6.45, 7) is 4.11. The number of hydrogen-bond acceptors (Lipinski definition) is 4. The maximum absolute atomic E-state index is 10.5. The van der Waals surface area contributed by atoms with Crippen molar-refractivity contribution in [3.8, 4) is 0 Å². The standard InChI is InChI=1S/C14H18N4.2C2H6OS.2ClH/c1-3-7-17-13(5-1)11-15-9-10-16-12-14-6-2-4-8-18-14;2*1-4(2)3;;/h1-8,15-16H,9-12H2;2*1-2H3;2*1H/i;2*1D3,2D3;;. The third kappa shape index (κ3) is 25.1. The second kappa shape index (κ2) is 22.4. The minimum Gasteiger partial charge on any atom is -1.00 e. The highest BCUT2D eigenvalue weighted by Gasteiger charge is 1.98. The number of quaternary nitrogens is 2. The van der Waals surface area contributed by atoms with Crippen LogP contribution in [0.2, 0.25) is 0 Å². The van der Waals surface area contributed by atoms with E-state index < -0.39 is 46.3 Å². The zero-order valence-electron chi connectivity index (χ0n) is 26.9. The molecule has 28 heavy (non-hydrogen) atoms. The van der Waals surface area contributed by atoms with Crippen molar-refractivity contribution in [3.05, 3.63) is 60.2 Å². The van der Waals surface area contributed by atoms with Crippen LogP contribution >= 0.6 is 0 Å². The maximum atomic E-state index is 10.5. The molecule has 2 aromatic heterocycles. The Labute approximate surface area is 203 Å². The fraction of sp³-hybridized carbons (Fsp3) is 0.444. The Kier molecular flexibility index (Phi) is 11.3. The molecule has 0 aliphatic heterocycles. The first-order chi connectivity index (χ1) is 17.3. The molecule has 0 atom stereocenters. The predicted molar refractivity (Wildman–Crippen MR) is 109 cm³/mol. The van der Waals surface area contributed by atoms with E-state index in [9.17, 15) is 8.42 Å². The molecule has 6 nitrogen and oxygen atoms in total. The van der Waals surface area contributed by atoms with E-state index in [4.69, 9.17) is 16.4 Å². The van der Waals surface area contributed by atoms with Crippen LogP contribution in [-0.2, 0) is 34.7 Å². The average Bonchev–Trinajstić information content (AvgIpc) is 2.80. The summed E-state index contributed by atoms with van der Waals surface area (Å²) < 4.78 is 98.5. The Bertz CT molecular complexity index is 870. The Morgan fingerprint density at radius 1 is 0.786 bits per heavy atom. The van der Waals surface area contributed by atoms with Crippen molar-refractivity contribution in [2.24, 2.45) is 0 Å². The summed E-state index contributed by atoms with van der Waals surface area (Å²) in [7, 11) is -5.51. The molecule has 0 bridgehead atoms. The van der Waals surface area contributed by atoms with Gasteiger partial charge in [-0.15, -0.1) is 0 Å². The molecule has 0 radical (unpaired) electrons. The van der Waals surface area contributed by atoms with Crippen molar-refractivity contribution in [2.75, 3.05) is 37.8 Å². The van der Waals surface area contributed by atoms with Gasteiger partial charge in [-0.1, -0.05) is 12.1 Å². The lowest BCUT2D eigenvalue weighted by Crippen LogP contribution is -3.00. The van der Waals surface area contributed by atoms with Crippen LogP contribution in [0.4, 0.5) is 0 Å². The normalized spacial score (nSPS) is 17.4. The molecule has 2 aromatic rings. The Morgan fingerprint density at radius 2 is 1.18 bits per heavy atom. The largest absolute Gasteiger partial charge is 1.00 e. The molecule has 0 amide bonds. The van der Waals surface area contributed by atoms with E-state index >= 15 is 0 Å². The highest BCUT2D eigenvalue weighted by atomic mass is 35.5. The van der Waals surface area contributed by atoms with Crippen LogP contribution in [0.5, 0.6) is 0 Å². The van der Waals surface area contributed by atoms with Gasteiger partial charge in [0.05, 0.1) is 11.4 Å². The third-order valence-corrected chi connectivity index (χ3v) is 2.73. The van der Waals surface area contributed by atoms with Crippen molar-refractivity contribution >= 4 is 21.6 Å². The van der Waals surface area contributed by atoms with E-state index in [2.05, 4.69) is 32.7 Å². The van der Waals surface area contributed by atoms with Crippen LogP contribution < -0.4 is 35.4 Å². The summed E-state index contributed by atoms with van der Waals surface area (Å²) in [5.74, 6) is 0. The van der Waals surface area contributed by atoms with Gasteiger partial charge >= 0.3 is 0 Å². The van der Waals surface area contributed by atoms with Crippen LogP contribution in [-0.4, -0.2) is 56.2 Å². The van der Waals surface area contributed by atoms with Gasteiger partial charge < -0.3 is 35.4 Å². The molecule has 0 aliphatic carbocycles. The summed E-state index contributed by atoms with van der Waals surface area (Å²) in [4.78, 5) is 8.59. The molecule has 2 rings (SSSR count). The summed E-state index contributed by atoms with van der Waals surface area (Å²) in [6.07, 6.45) is -7.90. The van der Waals surface area contributed by atoms with E-state index in [0.717, 1.165) is 37.6 Å². The van der Waals surface area contributed by atoms with E-state index in [0.29, 0.717) is 0 Å². The van der Waals surface area contributed by atoms with Gasteiger partial charge in [-0.05, 0) is 24.3 Å². The number of hydrogen-bond donors (Lipinski definition) is 2. The summed E-state index contributed by atoms with van der Waals surface area (Å²) in [5, 5.41) is 4.58. The maximum Gasteiger partial charge on any atom is 0.126 e. The molecule has 0 unspecified atom stereocenters. The molecular weight excluding hydrogens is 439 g/mol. The highest BCUT2D eigenvalue weighted by molar-refractivity contribution is 7.83. The van der Waals surface area contributed by atoms with Gasteiger partial charge in [-0.2, -0.15) is 0 Å². The smallest absolute Gasteiger partial charge is 0.126 e. The van der Waals surface area contributed by atoms with Crippen molar-refractivity contribution in [1.82, 2.24) is 9.97 Å². The first-order valence-corrected chi connectivity index (χ1v) is 9.83. The number of halogens is 2. The fourth-order valence-corrected chi connectivity index (χ4v) is 1.77. The van der Waals surface area contributed by atoms with Crippen LogP contribution in [0.3, 0.4) is 0 Å². The van der Waals surface area contributed by atoms with Gasteiger partial charge in [-0.3, -0.25) is 18.4 Å². The molecule has 0 saturated heterocycles. The third-order valence-electron chi connectivity index (χ3n) is 2.73. The quantitative estimate of drug-likeness (QED) is 0.383. The topological polar surface area (TPSA) is 93.1 Å². The Hall–Kier alpha value is -0.900.